The fourth-order valence-corrected chi connectivity index (χ4v) is 1.20. The van der Waals surface area contributed by atoms with Crippen LogP contribution in [0.1, 0.15) is 6.92 Å². The lowest BCUT2D eigenvalue weighted by Gasteiger charge is -2.12. The number of rotatable bonds is 3. The van der Waals surface area contributed by atoms with Crippen LogP contribution in [0, 0.1) is 0 Å². The number of amides is 1. The van der Waals surface area contributed by atoms with Gasteiger partial charge in [0.1, 0.15) is 17.0 Å². The molecule has 0 aliphatic carbocycles. The van der Waals surface area contributed by atoms with Crippen LogP contribution in [0.25, 0.3) is 0 Å². The summed E-state index contributed by atoms with van der Waals surface area (Å²) in [6.45, 7) is 1.70. The minimum Gasteiger partial charge on any atom is -0.368 e. The number of carbonyl (C=O) groups is 1. The van der Waals surface area contributed by atoms with E-state index in [0.29, 0.717) is 5.82 Å². The highest BCUT2D eigenvalue weighted by molar-refractivity contribution is 6.29. The zero-order chi connectivity index (χ0) is 11.4. The molecule has 82 valence electrons. The zero-order valence-electron chi connectivity index (χ0n) is 8.41. The van der Waals surface area contributed by atoms with Gasteiger partial charge in [0.05, 0.1) is 0 Å². The van der Waals surface area contributed by atoms with E-state index >= 15 is 0 Å². The number of aromatic nitrogens is 2. The number of nitrogens with two attached hydrogens (primary N) is 1. The van der Waals surface area contributed by atoms with E-state index in [1.807, 2.05) is 0 Å². The molecule has 1 aromatic heterocycles. The van der Waals surface area contributed by atoms with Gasteiger partial charge in [-0.15, -0.1) is 0 Å². The van der Waals surface area contributed by atoms with Crippen molar-refractivity contribution >= 4 is 29.3 Å². The molecule has 0 saturated heterocycles. The van der Waals surface area contributed by atoms with Gasteiger partial charge in [0.25, 0.3) is 0 Å². The summed E-state index contributed by atoms with van der Waals surface area (Å²) < 4.78 is 0. The highest BCUT2D eigenvalue weighted by Crippen LogP contribution is 2.13. The standard InChI is InChI=1S/C8H12ClN5O/c1-4(7(15)11-2)12-6-3-5(9)13-8(10)14-6/h3-4H,1-2H3,(H,11,15)(H3,10,12,13,14). The maximum atomic E-state index is 11.2. The van der Waals surface area contributed by atoms with Gasteiger partial charge >= 0.3 is 0 Å². The first-order valence-corrected chi connectivity index (χ1v) is 4.69. The predicted octanol–water partition coefficient (Wildman–Crippen LogP) is 0.259. The largest absolute Gasteiger partial charge is 0.368 e. The number of nitrogens with zero attached hydrogens (tertiary/aromatic N) is 2. The Morgan fingerprint density at radius 1 is 1.60 bits per heavy atom. The minimum atomic E-state index is -0.416. The Hall–Kier alpha value is -1.56. The van der Waals surface area contributed by atoms with Gasteiger partial charge in [0.15, 0.2) is 0 Å². The van der Waals surface area contributed by atoms with Crippen molar-refractivity contribution in [1.82, 2.24) is 15.3 Å². The molecule has 1 unspecified atom stereocenters. The van der Waals surface area contributed by atoms with E-state index in [9.17, 15) is 4.79 Å². The molecule has 0 fully saturated rings. The van der Waals surface area contributed by atoms with Crippen molar-refractivity contribution in [2.75, 3.05) is 18.1 Å². The lowest BCUT2D eigenvalue weighted by Crippen LogP contribution is -2.35. The van der Waals surface area contributed by atoms with Gasteiger partial charge < -0.3 is 16.4 Å². The van der Waals surface area contributed by atoms with Gasteiger partial charge in [0.2, 0.25) is 11.9 Å². The second-order valence-electron chi connectivity index (χ2n) is 2.91. The lowest BCUT2D eigenvalue weighted by atomic mass is 10.3. The monoisotopic (exact) mass is 229 g/mol. The maximum Gasteiger partial charge on any atom is 0.241 e. The van der Waals surface area contributed by atoms with Crippen molar-refractivity contribution in [2.45, 2.75) is 13.0 Å². The molecule has 1 atom stereocenters. The van der Waals surface area contributed by atoms with Crippen molar-refractivity contribution in [3.63, 3.8) is 0 Å². The van der Waals surface area contributed by atoms with Crippen LogP contribution in [0.5, 0.6) is 0 Å². The van der Waals surface area contributed by atoms with Gasteiger partial charge in [0, 0.05) is 13.1 Å². The van der Waals surface area contributed by atoms with Gasteiger partial charge in [-0.05, 0) is 6.92 Å². The smallest absolute Gasteiger partial charge is 0.241 e. The highest BCUT2D eigenvalue weighted by atomic mass is 35.5. The molecule has 4 N–H and O–H groups in total. The second-order valence-corrected chi connectivity index (χ2v) is 3.30. The number of nitrogens with one attached hydrogen (secondary N) is 2. The van der Waals surface area contributed by atoms with E-state index in [1.54, 1.807) is 14.0 Å². The lowest BCUT2D eigenvalue weighted by molar-refractivity contribution is -0.121. The molecule has 1 aromatic rings. The summed E-state index contributed by atoms with van der Waals surface area (Å²) in [6, 6.07) is 1.08. The Kier molecular flexibility index (Phi) is 3.68. The quantitative estimate of drug-likeness (QED) is 0.647. The third kappa shape index (κ3) is 3.25. The number of nitrogen functional groups attached to an aromatic ring is 1. The minimum absolute atomic E-state index is 0.0640. The average Bonchev–Trinajstić information content (AvgIpc) is 2.14. The molecule has 1 amide bonds. The number of hydrogen-bond acceptors (Lipinski definition) is 5. The number of likely N-dealkylation sites (N-methyl/N-ethyl adjacent to an activating group) is 1. The number of hydrogen-bond donors (Lipinski definition) is 3. The second kappa shape index (κ2) is 4.79. The van der Waals surface area contributed by atoms with E-state index in [0.717, 1.165) is 0 Å². The van der Waals surface area contributed by atoms with E-state index < -0.39 is 6.04 Å². The molecule has 0 radical (unpaired) electrons. The van der Waals surface area contributed by atoms with Gasteiger partial charge in [-0.3, -0.25) is 4.79 Å². The first-order chi connectivity index (χ1) is 7.02. The molecule has 7 heteroatoms. The fraction of sp³-hybridized carbons (Fsp3) is 0.375. The number of carbonyl (C=O) groups excluding carboxylic acids is 1. The molecule has 0 aromatic carbocycles. The Balaban J connectivity index is 2.76. The third-order valence-corrected chi connectivity index (χ3v) is 1.91. The molecular weight excluding hydrogens is 218 g/mol. The maximum absolute atomic E-state index is 11.2. The molecule has 0 bridgehead atoms. The number of halogens is 1. The summed E-state index contributed by atoms with van der Waals surface area (Å²) in [5, 5.41) is 5.58. The van der Waals surface area contributed by atoms with Crippen LogP contribution in [0.3, 0.4) is 0 Å². The molecule has 0 saturated carbocycles. The summed E-state index contributed by atoms with van der Waals surface area (Å²) in [5.74, 6) is 0.334. The van der Waals surface area contributed by atoms with Crippen molar-refractivity contribution in [2.24, 2.45) is 0 Å². The Morgan fingerprint density at radius 3 is 2.80 bits per heavy atom. The summed E-state index contributed by atoms with van der Waals surface area (Å²) >= 11 is 5.68. The SMILES string of the molecule is CNC(=O)C(C)Nc1cc(Cl)nc(N)n1. The molecule has 0 aliphatic heterocycles. The first-order valence-electron chi connectivity index (χ1n) is 4.31. The van der Waals surface area contributed by atoms with Crippen LogP contribution in [0.2, 0.25) is 5.15 Å². The van der Waals surface area contributed by atoms with Crippen molar-refractivity contribution in [1.29, 1.82) is 0 Å². The van der Waals surface area contributed by atoms with E-state index in [2.05, 4.69) is 20.6 Å². The van der Waals surface area contributed by atoms with Crippen LogP contribution in [0.15, 0.2) is 6.07 Å². The molecule has 15 heavy (non-hydrogen) atoms. The van der Waals surface area contributed by atoms with Crippen LogP contribution >= 0.6 is 11.6 Å². The molecule has 0 spiro atoms. The van der Waals surface area contributed by atoms with Crippen LogP contribution in [-0.4, -0.2) is 29.0 Å². The third-order valence-electron chi connectivity index (χ3n) is 1.72. The Morgan fingerprint density at radius 2 is 2.27 bits per heavy atom. The summed E-state index contributed by atoms with van der Waals surface area (Å²) in [7, 11) is 1.56. The van der Waals surface area contributed by atoms with Gasteiger partial charge in [-0.25, -0.2) is 4.98 Å². The average molecular weight is 230 g/mol. The molecule has 0 aliphatic rings. The van der Waals surface area contributed by atoms with Crippen LogP contribution in [-0.2, 0) is 4.79 Å². The Bertz CT molecular complexity index is 350. The molecule has 1 heterocycles. The molecule has 1 rings (SSSR count). The van der Waals surface area contributed by atoms with Gasteiger partial charge in [-0.2, -0.15) is 4.98 Å². The summed E-state index contributed by atoms with van der Waals surface area (Å²) in [6.07, 6.45) is 0. The van der Waals surface area contributed by atoms with Crippen molar-refractivity contribution < 1.29 is 4.79 Å². The van der Waals surface area contributed by atoms with Gasteiger partial charge in [-0.1, -0.05) is 11.6 Å². The summed E-state index contributed by atoms with van der Waals surface area (Å²) in [5.41, 5.74) is 5.40. The van der Waals surface area contributed by atoms with Crippen molar-refractivity contribution in [3.8, 4) is 0 Å². The van der Waals surface area contributed by atoms with Crippen LogP contribution in [0.4, 0.5) is 11.8 Å². The van der Waals surface area contributed by atoms with E-state index in [4.69, 9.17) is 17.3 Å². The topological polar surface area (TPSA) is 92.9 Å². The van der Waals surface area contributed by atoms with Crippen LogP contribution < -0.4 is 16.4 Å². The predicted molar refractivity (Wildman–Crippen MR) is 58.6 cm³/mol. The highest BCUT2D eigenvalue weighted by Gasteiger charge is 2.11. The normalized spacial score (nSPS) is 11.9. The first kappa shape index (κ1) is 11.5. The van der Waals surface area contributed by atoms with E-state index in [1.165, 1.54) is 6.07 Å². The van der Waals surface area contributed by atoms with E-state index in [-0.39, 0.29) is 17.0 Å². The molecule has 6 nitrogen and oxygen atoms in total. The zero-order valence-corrected chi connectivity index (χ0v) is 9.17. The van der Waals surface area contributed by atoms with Crippen molar-refractivity contribution in [3.05, 3.63) is 11.2 Å². The Labute approximate surface area is 92.2 Å². The molecular formula is C8H12ClN5O. The fourth-order valence-electron chi connectivity index (χ4n) is 1.01. The number of anilines is 2. The summed E-state index contributed by atoms with van der Waals surface area (Å²) in [4.78, 5) is 18.8.